The number of benzene rings is 1. The molecule has 1 amide bonds. The summed E-state index contributed by atoms with van der Waals surface area (Å²) < 4.78 is 5.55. The second kappa shape index (κ2) is 8.29. The number of morpholine rings is 1. The molecule has 2 aliphatic heterocycles. The Kier molecular flexibility index (Phi) is 5.81. The third-order valence-corrected chi connectivity index (χ3v) is 7.02. The second-order valence-electron chi connectivity index (χ2n) is 8.52. The molecule has 2 heterocycles. The summed E-state index contributed by atoms with van der Waals surface area (Å²) in [5, 5.41) is 0. The van der Waals surface area contributed by atoms with Crippen LogP contribution in [0.5, 0.6) is 0 Å². The number of nitrogens with zero attached hydrogens (tertiary/aromatic N) is 2. The lowest BCUT2D eigenvalue weighted by atomic mass is 9.89. The van der Waals surface area contributed by atoms with E-state index in [1.165, 1.54) is 18.4 Å². The number of rotatable bonds is 5. The van der Waals surface area contributed by atoms with E-state index in [0.717, 1.165) is 52.2 Å². The van der Waals surface area contributed by atoms with Gasteiger partial charge in [0.05, 0.1) is 13.2 Å². The maximum absolute atomic E-state index is 13.3. The lowest BCUT2D eigenvalue weighted by molar-refractivity contribution is -0.134. The van der Waals surface area contributed by atoms with Crippen LogP contribution in [0.25, 0.3) is 0 Å². The van der Waals surface area contributed by atoms with E-state index in [1.54, 1.807) is 0 Å². The third kappa shape index (κ3) is 3.91. The molecule has 2 atom stereocenters. The average Bonchev–Trinajstić information content (AvgIpc) is 3.37. The molecule has 5 nitrogen and oxygen atoms in total. The van der Waals surface area contributed by atoms with E-state index in [9.17, 15) is 4.79 Å². The van der Waals surface area contributed by atoms with Crippen LogP contribution < -0.4 is 5.73 Å². The molecule has 3 aliphatic rings. The topological polar surface area (TPSA) is 58.8 Å². The van der Waals surface area contributed by atoms with Crippen molar-refractivity contribution in [3.8, 4) is 0 Å². The number of hydrogen-bond acceptors (Lipinski definition) is 4. The highest BCUT2D eigenvalue weighted by Gasteiger charge is 2.44. The van der Waals surface area contributed by atoms with Crippen molar-refractivity contribution in [2.45, 2.75) is 43.6 Å². The van der Waals surface area contributed by atoms with Gasteiger partial charge in [0.15, 0.2) is 0 Å². The highest BCUT2D eigenvalue weighted by Crippen LogP contribution is 2.40. The molecule has 4 rings (SSSR count). The molecule has 0 radical (unpaired) electrons. The smallest absolute Gasteiger partial charge is 0.224 e. The van der Waals surface area contributed by atoms with E-state index in [0.29, 0.717) is 30.7 Å². The molecule has 27 heavy (non-hydrogen) atoms. The first-order valence-electron chi connectivity index (χ1n) is 10.6. The third-order valence-electron chi connectivity index (χ3n) is 7.02. The van der Waals surface area contributed by atoms with Crippen LogP contribution in [-0.2, 0) is 9.53 Å². The summed E-state index contributed by atoms with van der Waals surface area (Å²) in [7, 11) is 0. The van der Waals surface area contributed by atoms with Gasteiger partial charge in [0.25, 0.3) is 0 Å². The second-order valence-corrected chi connectivity index (χ2v) is 8.52. The largest absolute Gasteiger partial charge is 0.379 e. The quantitative estimate of drug-likeness (QED) is 0.862. The number of carbonyl (C=O) groups excluding carboxylic acids is 1. The van der Waals surface area contributed by atoms with Crippen LogP contribution in [0, 0.1) is 5.92 Å². The first-order chi connectivity index (χ1) is 13.2. The van der Waals surface area contributed by atoms with Crippen LogP contribution in [0.4, 0.5) is 0 Å². The van der Waals surface area contributed by atoms with Crippen LogP contribution in [0.2, 0.25) is 0 Å². The van der Waals surface area contributed by atoms with Gasteiger partial charge in [-0.2, -0.15) is 0 Å². The molecule has 0 aromatic heterocycles. The van der Waals surface area contributed by atoms with Gasteiger partial charge in [-0.3, -0.25) is 9.69 Å². The first-order valence-corrected chi connectivity index (χ1v) is 10.6. The van der Waals surface area contributed by atoms with Gasteiger partial charge in [0.2, 0.25) is 5.91 Å². The molecule has 0 spiro atoms. The zero-order valence-corrected chi connectivity index (χ0v) is 16.3. The molecule has 148 valence electrons. The molecule has 1 aliphatic carbocycles. The summed E-state index contributed by atoms with van der Waals surface area (Å²) in [4.78, 5) is 18.0. The number of carbonyl (C=O) groups is 1. The molecule has 0 bridgehead atoms. The highest BCUT2D eigenvalue weighted by atomic mass is 16.5. The summed E-state index contributed by atoms with van der Waals surface area (Å²) in [5.41, 5.74) is 7.44. The van der Waals surface area contributed by atoms with E-state index in [-0.39, 0.29) is 5.54 Å². The van der Waals surface area contributed by atoms with Gasteiger partial charge in [0, 0.05) is 44.1 Å². The molecule has 1 aromatic rings. The van der Waals surface area contributed by atoms with Gasteiger partial charge in [-0.15, -0.1) is 0 Å². The van der Waals surface area contributed by atoms with E-state index in [1.807, 2.05) is 6.07 Å². The van der Waals surface area contributed by atoms with Crippen LogP contribution >= 0.6 is 0 Å². The molecule has 0 unspecified atom stereocenters. The van der Waals surface area contributed by atoms with Crippen molar-refractivity contribution in [3.63, 3.8) is 0 Å². The Hall–Kier alpha value is -1.43. The van der Waals surface area contributed by atoms with E-state index >= 15 is 0 Å². The van der Waals surface area contributed by atoms with E-state index < -0.39 is 0 Å². The summed E-state index contributed by atoms with van der Waals surface area (Å²) in [5.74, 6) is 1.04. The zero-order chi connectivity index (χ0) is 18.7. The monoisotopic (exact) mass is 371 g/mol. The van der Waals surface area contributed by atoms with E-state index in [2.05, 4.69) is 34.1 Å². The van der Waals surface area contributed by atoms with Crippen molar-refractivity contribution in [1.29, 1.82) is 0 Å². The number of ether oxygens (including phenoxy) is 1. The summed E-state index contributed by atoms with van der Waals surface area (Å²) in [6, 6.07) is 10.6. The van der Waals surface area contributed by atoms with Crippen molar-refractivity contribution in [2.24, 2.45) is 11.7 Å². The van der Waals surface area contributed by atoms with Crippen LogP contribution in [0.1, 0.15) is 43.6 Å². The number of nitrogens with two attached hydrogens (primary N) is 1. The minimum atomic E-state index is 0.0594. The zero-order valence-electron chi connectivity index (χ0n) is 16.3. The fourth-order valence-electron chi connectivity index (χ4n) is 5.46. The predicted octanol–water partition coefficient (Wildman–Crippen LogP) is 2.22. The van der Waals surface area contributed by atoms with Gasteiger partial charge < -0.3 is 15.4 Å². The predicted molar refractivity (Wildman–Crippen MR) is 107 cm³/mol. The van der Waals surface area contributed by atoms with E-state index in [4.69, 9.17) is 10.5 Å². The lowest BCUT2D eigenvalue weighted by Crippen LogP contribution is -2.54. The number of hydrogen-bond donors (Lipinski definition) is 1. The number of amides is 1. The normalized spacial score (nSPS) is 28.6. The fraction of sp³-hybridized carbons (Fsp3) is 0.682. The van der Waals surface area contributed by atoms with Crippen molar-refractivity contribution in [2.75, 3.05) is 45.9 Å². The van der Waals surface area contributed by atoms with Crippen LogP contribution in [0.3, 0.4) is 0 Å². The maximum Gasteiger partial charge on any atom is 0.224 e. The minimum Gasteiger partial charge on any atom is -0.379 e. The molecular weight excluding hydrogens is 338 g/mol. The SMILES string of the molecule is NC[C@@H]1CN(C(=O)CC2(N3CCOCC3)CCCC2)C[C@H]1c1ccccc1. The molecule has 3 fully saturated rings. The Labute approximate surface area is 162 Å². The molecule has 1 aromatic carbocycles. The van der Waals surface area contributed by atoms with Crippen molar-refractivity contribution < 1.29 is 9.53 Å². The van der Waals surface area contributed by atoms with Crippen molar-refractivity contribution in [3.05, 3.63) is 35.9 Å². The Bertz CT molecular complexity index is 624. The Morgan fingerprint density at radius 1 is 1.11 bits per heavy atom. The van der Waals surface area contributed by atoms with Gasteiger partial charge >= 0.3 is 0 Å². The summed E-state index contributed by atoms with van der Waals surface area (Å²) in [6.07, 6.45) is 5.43. The Balaban J connectivity index is 1.45. The van der Waals surface area contributed by atoms with Gasteiger partial charge in [-0.05, 0) is 30.9 Å². The maximum atomic E-state index is 13.3. The van der Waals surface area contributed by atoms with Crippen molar-refractivity contribution in [1.82, 2.24) is 9.80 Å². The molecule has 2 N–H and O–H groups in total. The Morgan fingerprint density at radius 2 is 1.81 bits per heavy atom. The van der Waals surface area contributed by atoms with Gasteiger partial charge in [0.1, 0.15) is 0 Å². The summed E-state index contributed by atoms with van der Waals surface area (Å²) in [6.45, 7) is 5.77. The summed E-state index contributed by atoms with van der Waals surface area (Å²) >= 11 is 0. The molecular formula is C22H33N3O2. The van der Waals surface area contributed by atoms with Gasteiger partial charge in [-0.25, -0.2) is 0 Å². The lowest BCUT2D eigenvalue weighted by Gasteiger charge is -2.43. The average molecular weight is 372 g/mol. The first kappa shape index (κ1) is 18.9. The molecule has 5 heteroatoms. The molecule has 1 saturated carbocycles. The molecule has 2 saturated heterocycles. The van der Waals surface area contributed by atoms with Gasteiger partial charge in [-0.1, -0.05) is 43.2 Å². The van der Waals surface area contributed by atoms with Crippen LogP contribution in [0.15, 0.2) is 30.3 Å². The van der Waals surface area contributed by atoms with Crippen molar-refractivity contribution >= 4 is 5.91 Å². The minimum absolute atomic E-state index is 0.0594. The standard InChI is InChI=1S/C22H33N3O2/c23-15-19-16-24(17-20(19)18-6-2-1-3-7-18)21(26)14-22(8-4-5-9-22)25-10-12-27-13-11-25/h1-3,6-7,19-20H,4-5,8-17,23H2/t19-,20+/m1/s1. The fourth-order valence-corrected chi connectivity index (χ4v) is 5.46. The highest BCUT2D eigenvalue weighted by molar-refractivity contribution is 5.78. The number of likely N-dealkylation sites (tertiary alicyclic amines) is 1. The van der Waals surface area contributed by atoms with Crippen LogP contribution in [-0.4, -0.2) is 67.2 Å². The Morgan fingerprint density at radius 3 is 2.48 bits per heavy atom.